The van der Waals surface area contributed by atoms with Crippen molar-refractivity contribution in [1.29, 1.82) is 0 Å². The highest BCUT2D eigenvalue weighted by molar-refractivity contribution is 6.32. The lowest BCUT2D eigenvalue weighted by atomic mass is 10.1. The van der Waals surface area contributed by atoms with Crippen LogP contribution in [0, 0.1) is 6.92 Å². The maximum absolute atomic E-state index is 13.0. The van der Waals surface area contributed by atoms with Gasteiger partial charge in [0.25, 0.3) is 5.56 Å². The molecule has 7 heteroatoms. The molecule has 0 saturated carbocycles. The summed E-state index contributed by atoms with van der Waals surface area (Å²) in [5, 5.41) is 13.7. The van der Waals surface area contributed by atoms with Crippen molar-refractivity contribution in [3.63, 3.8) is 0 Å². The number of fused-ring (bicyclic) bond motifs is 3. The summed E-state index contributed by atoms with van der Waals surface area (Å²) in [7, 11) is 0. The second-order valence-electron chi connectivity index (χ2n) is 6.44. The van der Waals surface area contributed by atoms with Crippen molar-refractivity contribution in [3.8, 4) is 16.8 Å². The van der Waals surface area contributed by atoms with E-state index in [1.54, 1.807) is 22.8 Å². The molecular formula is C21H14ClN5O. The van der Waals surface area contributed by atoms with Gasteiger partial charge >= 0.3 is 0 Å². The molecule has 0 aliphatic carbocycles. The Balaban J connectivity index is 1.80. The van der Waals surface area contributed by atoms with E-state index in [2.05, 4.69) is 15.3 Å². The van der Waals surface area contributed by atoms with Crippen LogP contribution in [0.3, 0.4) is 0 Å². The number of halogens is 1. The zero-order valence-electron chi connectivity index (χ0n) is 14.9. The van der Waals surface area contributed by atoms with Gasteiger partial charge in [-0.25, -0.2) is 4.52 Å². The number of para-hydroxylation sites is 1. The summed E-state index contributed by atoms with van der Waals surface area (Å²) in [6, 6.07) is 18.9. The predicted octanol–water partition coefficient (Wildman–Crippen LogP) is 4.06. The second-order valence-corrected chi connectivity index (χ2v) is 6.85. The van der Waals surface area contributed by atoms with Crippen LogP contribution in [0.4, 0.5) is 0 Å². The normalized spacial score (nSPS) is 11.4. The van der Waals surface area contributed by atoms with E-state index in [1.807, 2.05) is 55.5 Å². The number of nitrogens with zero attached hydrogens (tertiary/aromatic N) is 5. The van der Waals surface area contributed by atoms with Crippen molar-refractivity contribution in [2.45, 2.75) is 6.92 Å². The van der Waals surface area contributed by atoms with E-state index in [0.717, 1.165) is 16.8 Å². The topological polar surface area (TPSA) is 65.1 Å². The van der Waals surface area contributed by atoms with Crippen LogP contribution in [-0.4, -0.2) is 24.4 Å². The highest BCUT2D eigenvalue weighted by Gasteiger charge is 2.17. The Labute approximate surface area is 164 Å². The molecule has 3 heterocycles. The zero-order valence-corrected chi connectivity index (χ0v) is 15.6. The minimum Gasteiger partial charge on any atom is -0.281 e. The molecule has 5 aromatic rings. The van der Waals surface area contributed by atoms with E-state index in [4.69, 9.17) is 11.6 Å². The fraction of sp³-hybridized carbons (Fsp3) is 0.0476. The van der Waals surface area contributed by atoms with Gasteiger partial charge in [0.2, 0.25) is 0 Å². The molecule has 0 saturated heterocycles. The van der Waals surface area contributed by atoms with Crippen LogP contribution in [0.2, 0.25) is 5.02 Å². The SMILES string of the molecule is Cc1nn2c(nnc3c(=O)n(-c4ccccc4Cl)ccc32)c1-c1ccccc1. The number of pyridine rings is 1. The molecule has 0 radical (unpaired) electrons. The molecule has 0 atom stereocenters. The number of hydrogen-bond donors (Lipinski definition) is 0. The summed E-state index contributed by atoms with van der Waals surface area (Å²) in [6.07, 6.45) is 1.69. The molecule has 0 amide bonds. The van der Waals surface area contributed by atoms with E-state index < -0.39 is 0 Å². The van der Waals surface area contributed by atoms with Gasteiger partial charge in [-0.05, 0) is 30.7 Å². The van der Waals surface area contributed by atoms with Crippen molar-refractivity contribution < 1.29 is 0 Å². The van der Waals surface area contributed by atoms with Gasteiger partial charge in [-0.2, -0.15) is 5.10 Å². The van der Waals surface area contributed by atoms with Crippen molar-refractivity contribution in [2.75, 3.05) is 0 Å². The summed E-state index contributed by atoms with van der Waals surface area (Å²) in [6.45, 7) is 1.92. The van der Waals surface area contributed by atoms with Crippen molar-refractivity contribution in [2.24, 2.45) is 0 Å². The predicted molar refractivity (Wildman–Crippen MR) is 109 cm³/mol. The minimum atomic E-state index is -0.297. The van der Waals surface area contributed by atoms with Gasteiger partial charge in [-0.3, -0.25) is 9.36 Å². The van der Waals surface area contributed by atoms with E-state index in [1.165, 1.54) is 4.57 Å². The maximum atomic E-state index is 13.0. The molecule has 2 aromatic carbocycles. The Kier molecular flexibility index (Phi) is 3.74. The quantitative estimate of drug-likeness (QED) is 0.458. The molecule has 0 fully saturated rings. The largest absolute Gasteiger partial charge is 0.285 e. The van der Waals surface area contributed by atoms with Gasteiger partial charge in [-0.1, -0.05) is 54.1 Å². The number of hydrogen-bond acceptors (Lipinski definition) is 4. The van der Waals surface area contributed by atoms with E-state index in [0.29, 0.717) is 21.9 Å². The minimum absolute atomic E-state index is 0.233. The monoisotopic (exact) mass is 387 g/mol. The fourth-order valence-electron chi connectivity index (χ4n) is 3.43. The van der Waals surface area contributed by atoms with Crippen molar-refractivity contribution in [1.82, 2.24) is 24.4 Å². The van der Waals surface area contributed by atoms with Crippen LogP contribution in [0.15, 0.2) is 71.7 Å². The van der Waals surface area contributed by atoms with Gasteiger partial charge in [0.1, 0.15) is 5.52 Å². The van der Waals surface area contributed by atoms with Crippen LogP contribution >= 0.6 is 11.6 Å². The van der Waals surface area contributed by atoms with Crippen LogP contribution in [0.1, 0.15) is 5.69 Å². The molecular weight excluding hydrogens is 374 g/mol. The molecule has 0 unspecified atom stereocenters. The van der Waals surface area contributed by atoms with E-state index in [9.17, 15) is 4.79 Å². The summed E-state index contributed by atoms with van der Waals surface area (Å²) in [5.74, 6) is 0. The number of aromatic nitrogens is 5. The fourth-order valence-corrected chi connectivity index (χ4v) is 3.66. The summed E-state index contributed by atoms with van der Waals surface area (Å²) in [5.41, 5.74) is 4.49. The Morgan fingerprint density at radius 3 is 2.46 bits per heavy atom. The van der Waals surface area contributed by atoms with Gasteiger partial charge in [0.05, 0.1) is 22.0 Å². The molecule has 0 N–H and O–H groups in total. The molecule has 0 spiro atoms. The summed E-state index contributed by atoms with van der Waals surface area (Å²) < 4.78 is 3.15. The third kappa shape index (κ3) is 2.42. The highest BCUT2D eigenvalue weighted by atomic mass is 35.5. The first-order chi connectivity index (χ1) is 13.6. The van der Waals surface area contributed by atoms with Crippen molar-refractivity contribution in [3.05, 3.63) is 87.9 Å². The van der Waals surface area contributed by atoms with E-state index in [-0.39, 0.29) is 11.1 Å². The Morgan fingerprint density at radius 2 is 1.68 bits per heavy atom. The Bertz CT molecular complexity index is 1410. The smallest absolute Gasteiger partial charge is 0.281 e. The molecule has 0 bridgehead atoms. The molecule has 0 aliphatic rings. The summed E-state index contributed by atoms with van der Waals surface area (Å²) >= 11 is 6.26. The van der Waals surface area contributed by atoms with Crippen LogP contribution in [-0.2, 0) is 0 Å². The van der Waals surface area contributed by atoms with Crippen LogP contribution < -0.4 is 5.56 Å². The van der Waals surface area contributed by atoms with E-state index >= 15 is 0 Å². The van der Waals surface area contributed by atoms with Crippen LogP contribution in [0.5, 0.6) is 0 Å². The first-order valence-electron chi connectivity index (χ1n) is 8.73. The lowest BCUT2D eigenvalue weighted by Gasteiger charge is -2.09. The number of aryl methyl sites for hydroxylation is 1. The first-order valence-corrected chi connectivity index (χ1v) is 9.10. The molecule has 5 rings (SSSR count). The Hall–Kier alpha value is -3.51. The van der Waals surface area contributed by atoms with Gasteiger partial charge < -0.3 is 0 Å². The molecule has 3 aromatic heterocycles. The van der Waals surface area contributed by atoms with Gasteiger partial charge in [-0.15, -0.1) is 10.2 Å². The lowest BCUT2D eigenvalue weighted by molar-refractivity contribution is 0.905. The molecule has 136 valence electrons. The van der Waals surface area contributed by atoms with Gasteiger partial charge in [0.15, 0.2) is 11.2 Å². The number of benzene rings is 2. The molecule has 28 heavy (non-hydrogen) atoms. The van der Waals surface area contributed by atoms with Crippen molar-refractivity contribution >= 4 is 28.3 Å². The summed E-state index contributed by atoms with van der Waals surface area (Å²) in [4.78, 5) is 13.0. The van der Waals surface area contributed by atoms with Crippen LogP contribution in [0.25, 0.3) is 33.5 Å². The highest BCUT2D eigenvalue weighted by Crippen LogP contribution is 2.28. The number of rotatable bonds is 2. The maximum Gasteiger partial charge on any atom is 0.285 e. The third-order valence-electron chi connectivity index (χ3n) is 4.73. The first kappa shape index (κ1) is 16.6. The average Bonchev–Trinajstić information content (AvgIpc) is 3.06. The third-order valence-corrected chi connectivity index (χ3v) is 5.05. The standard InChI is InChI=1S/C21H14ClN5O/c1-13-18(14-7-3-2-4-8-14)20-24-23-19-17(27(20)25-13)11-12-26(21(19)28)16-10-6-5-9-15(16)22/h2-12H,1H3. The average molecular weight is 388 g/mol. The molecule has 0 aliphatic heterocycles. The molecule has 6 nitrogen and oxygen atoms in total. The zero-order chi connectivity index (χ0) is 19.3. The second kappa shape index (κ2) is 6.28. The lowest BCUT2D eigenvalue weighted by Crippen LogP contribution is -2.20. The van der Waals surface area contributed by atoms with Gasteiger partial charge in [0, 0.05) is 6.20 Å². The Morgan fingerprint density at radius 1 is 0.929 bits per heavy atom.